The summed E-state index contributed by atoms with van der Waals surface area (Å²) in [5.41, 5.74) is -5.80. The minimum absolute atomic E-state index is 0.416. The number of esters is 2. The summed E-state index contributed by atoms with van der Waals surface area (Å²) in [4.78, 5) is 71.2. The highest BCUT2D eigenvalue weighted by molar-refractivity contribution is 6.27. The van der Waals surface area contributed by atoms with E-state index in [2.05, 4.69) is 14.6 Å². The average Bonchev–Trinajstić information content (AvgIpc) is 3.17. The molecule has 1 aliphatic rings. The fourth-order valence-electron chi connectivity index (χ4n) is 3.51. The largest absolute Gasteiger partial charge is 0.469 e. The zero-order valence-electron chi connectivity index (χ0n) is 18.6. The van der Waals surface area contributed by atoms with Crippen LogP contribution in [0.2, 0.25) is 0 Å². The molecule has 0 saturated carbocycles. The van der Waals surface area contributed by atoms with Crippen LogP contribution in [0.1, 0.15) is 17.5 Å². The number of methoxy groups -OCH3 is 2. The van der Waals surface area contributed by atoms with Gasteiger partial charge in [-0.3, -0.25) is 45.3 Å². The number of carbonyl (C=O) groups is 2. The first-order valence-electron chi connectivity index (χ1n) is 9.74. The van der Waals surface area contributed by atoms with E-state index in [4.69, 9.17) is 4.84 Å². The van der Waals surface area contributed by atoms with E-state index < -0.39 is 94.9 Å². The molecule has 0 aliphatic heterocycles. The number of fused-ring (bicyclic) bond motifs is 3. The average molecular weight is 519 g/mol. The standard InChI is InChI=1S/C19H13N5O13/c1-35-15(25)7-14(19(26)36-2)37-20-18-10-3-8(21(27)28)5-12(23(31)32)16(10)17-11(18)4-9(22(29)30)6-13(17)24(33)34/h3-6,14H,7H2,1-2H3/t14-/m0/s1. The molecular weight excluding hydrogens is 506 g/mol. The number of non-ortho nitro benzene ring substituents is 2. The number of hydrogen-bond donors (Lipinski definition) is 0. The molecule has 0 heterocycles. The molecule has 18 heteroatoms. The summed E-state index contributed by atoms with van der Waals surface area (Å²) < 4.78 is 8.97. The lowest BCUT2D eigenvalue weighted by atomic mass is 10.0. The van der Waals surface area contributed by atoms with Crippen LogP contribution in [0, 0.1) is 40.5 Å². The van der Waals surface area contributed by atoms with Crippen LogP contribution in [0.4, 0.5) is 22.7 Å². The van der Waals surface area contributed by atoms with Gasteiger partial charge in [-0.15, -0.1) is 0 Å². The van der Waals surface area contributed by atoms with Gasteiger partial charge < -0.3 is 14.3 Å². The Kier molecular flexibility index (Phi) is 7.03. The number of nitro groups is 4. The van der Waals surface area contributed by atoms with E-state index in [1.165, 1.54) is 0 Å². The summed E-state index contributed by atoms with van der Waals surface area (Å²) in [5, 5.41) is 50.1. The molecule has 1 atom stereocenters. The summed E-state index contributed by atoms with van der Waals surface area (Å²) in [5.74, 6) is -2.04. The highest BCUT2D eigenvalue weighted by Gasteiger charge is 2.42. The van der Waals surface area contributed by atoms with Gasteiger partial charge in [-0.25, -0.2) is 4.79 Å². The lowest BCUT2D eigenvalue weighted by Gasteiger charge is -2.12. The van der Waals surface area contributed by atoms with Gasteiger partial charge in [0.1, 0.15) is 5.71 Å². The second-order valence-corrected chi connectivity index (χ2v) is 7.14. The topological polar surface area (TPSA) is 247 Å². The zero-order chi connectivity index (χ0) is 27.6. The van der Waals surface area contributed by atoms with Crippen LogP contribution in [0.3, 0.4) is 0 Å². The van der Waals surface area contributed by atoms with Crippen LogP contribution in [-0.4, -0.2) is 57.7 Å². The van der Waals surface area contributed by atoms with Crippen molar-refractivity contribution in [2.75, 3.05) is 14.2 Å². The molecule has 1 aliphatic carbocycles. The first-order chi connectivity index (χ1) is 17.4. The van der Waals surface area contributed by atoms with Crippen LogP contribution >= 0.6 is 0 Å². The molecule has 0 fully saturated rings. The zero-order valence-corrected chi connectivity index (χ0v) is 18.6. The number of oxime groups is 1. The van der Waals surface area contributed by atoms with Crippen molar-refractivity contribution in [2.24, 2.45) is 5.16 Å². The summed E-state index contributed by atoms with van der Waals surface area (Å²) in [7, 11) is 1.98. The van der Waals surface area contributed by atoms with Crippen molar-refractivity contribution in [1.82, 2.24) is 0 Å². The molecule has 2 aromatic rings. The van der Waals surface area contributed by atoms with Crippen molar-refractivity contribution in [2.45, 2.75) is 12.5 Å². The van der Waals surface area contributed by atoms with Crippen molar-refractivity contribution in [1.29, 1.82) is 0 Å². The van der Waals surface area contributed by atoms with E-state index in [1.807, 2.05) is 0 Å². The Morgan fingerprint density at radius 1 is 0.784 bits per heavy atom. The van der Waals surface area contributed by atoms with Gasteiger partial charge in [0.2, 0.25) is 6.10 Å². The van der Waals surface area contributed by atoms with Gasteiger partial charge in [-0.1, -0.05) is 5.16 Å². The van der Waals surface area contributed by atoms with Gasteiger partial charge in [0, 0.05) is 23.3 Å². The molecule has 0 radical (unpaired) electrons. The highest BCUT2D eigenvalue weighted by Crippen LogP contribution is 2.50. The van der Waals surface area contributed by atoms with Crippen LogP contribution in [-0.2, 0) is 23.9 Å². The molecule has 0 aromatic heterocycles. The molecule has 0 spiro atoms. The Bertz CT molecular complexity index is 1330. The highest BCUT2D eigenvalue weighted by atomic mass is 16.7. The Labute approximate surface area is 203 Å². The summed E-state index contributed by atoms with van der Waals surface area (Å²) in [6.45, 7) is 0. The van der Waals surface area contributed by atoms with Gasteiger partial charge in [0.15, 0.2) is 0 Å². The van der Waals surface area contributed by atoms with Crippen LogP contribution in [0.15, 0.2) is 29.4 Å². The second kappa shape index (κ2) is 9.98. The second-order valence-electron chi connectivity index (χ2n) is 7.14. The minimum atomic E-state index is -1.74. The summed E-state index contributed by atoms with van der Waals surface area (Å²) in [6, 6.07) is 2.72. The fourth-order valence-corrected chi connectivity index (χ4v) is 3.51. The van der Waals surface area contributed by atoms with E-state index >= 15 is 0 Å². The number of benzene rings is 2. The third kappa shape index (κ3) is 4.83. The number of ether oxygens (including phenoxy) is 2. The molecule has 0 saturated heterocycles. The molecular formula is C19H13N5O13. The number of nitro benzene ring substituents is 4. The van der Waals surface area contributed by atoms with E-state index in [9.17, 15) is 50.0 Å². The number of hydrogen-bond acceptors (Lipinski definition) is 14. The van der Waals surface area contributed by atoms with Crippen molar-refractivity contribution in [3.8, 4) is 11.1 Å². The fraction of sp³-hybridized carbons (Fsp3) is 0.211. The number of nitrogens with zero attached hydrogens (tertiary/aromatic N) is 5. The summed E-state index contributed by atoms with van der Waals surface area (Å²) in [6.07, 6.45) is -2.45. The molecule has 2 aromatic carbocycles. The maximum Gasteiger partial charge on any atom is 0.350 e. The molecule has 18 nitrogen and oxygen atoms in total. The maximum absolute atomic E-state index is 12.1. The van der Waals surface area contributed by atoms with Gasteiger partial charge >= 0.3 is 11.9 Å². The van der Waals surface area contributed by atoms with Crippen molar-refractivity contribution in [3.63, 3.8) is 0 Å². The van der Waals surface area contributed by atoms with E-state index in [0.29, 0.717) is 12.1 Å². The SMILES string of the molecule is COC(=O)C[C@H](ON=C1c2cc([N+](=O)[O-])cc([N+](=O)[O-])c2-c2c1cc([N+](=O)[O-])cc2[N+](=O)[O-])C(=O)OC. The normalized spacial score (nSPS) is 12.0. The summed E-state index contributed by atoms with van der Waals surface area (Å²) >= 11 is 0. The predicted molar refractivity (Wildman–Crippen MR) is 118 cm³/mol. The lowest BCUT2D eigenvalue weighted by Crippen LogP contribution is -2.28. The number of rotatable bonds is 9. The Hall–Kier alpha value is -5.55. The van der Waals surface area contributed by atoms with Crippen molar-refractivity contribution in [3.05, 3.63) is 75.8 Å². The van der Waals surface area contributed by atoms with Crippen LogP contribution < -0.4 is 0 Å². The molecule has 0 unspecified atom stereocenters. The van der Waals surface area contributed by atoms with Gasteiger partial charge in [-0.05, 0) is 0 Å². The molecule has 0 amide bonds. The van der Waals surface area contributed by atoms with Gasteiger partial charge in [0.25, 0.3) is 22.7 Å². The molecule has 0 N–H and O–H groups in total. The van der Waals surface area contributed by atoms with E-state index in [0.717, 1.165) is 26.4 Å². The Balaban J connectivity index is 2.39. The Morgan fingerprint density at radius 3 is 1.59 bits per heavy atom. The van der Waals surface area contributed by atoms with E-state index in [1.54, 1.807) is 0 Å². The molecule has 3 rings (SSSR count). The van der Waals surface area contributed by atoms with Crippen LogP contribution in [0.5, 0.6) is 0 Å². The third-order valence-electron chi connectivity index (χ3n) is 5.09. The maximum atomic E-state index is 12.1. The van der Waals surface area contributed by atoms with Gasteiger partial charge in [-0.2, -0.15) is 0 Å². The molecule has 37 heavy (non-hydrogen) atoms. The predicted octanol–water partition coefficient (Wildman–Crippen LogP) is 2.17. The monoisotopic (exact) mass is 519 g/mol. The Morgan fingerprint density at radius 2 is 1.24 bits per heavy atom. The molecule has 0 bridgehead atoms. The van der Waals surface area contributed by atoms with E-state index in [-0.39, 0.29) is 0 Å². The van der Waals surface area contributed by atoms with Crippen molar-refractivity contribution >= 4 is 40.4 Å². The third-order valence-corrected chi connectivity index (χ3v) is 5.09. The van der Waals surface area contributed by atoms with Crippen LogP contribution in [0.25, 0.3) is 11.1 Å². The number of carbonyl (C=O) groups excluding carboxylic acids is 2. The van der Waals surface area contributed by atoms with Gasteiger partial charge in [0.05, 0.1) is 63.6 Å². The quantitative estimate of drug-likeness (QED) is 0.223. The molecule has 192 valence electrons. The minimum Gasteiger partial charge on any atom is -0.469 e. The van der Waals surface area contributed by atoms with Crippen molar-refractivity contribution < 1.29 is 43.6 Å². The smallest absolute Gasteiger partial charge is 0.350 e. The first kappa shape index (κ1) is 26.1. The lowest BCUT2D eigenvalue weighted by molar-refractivity contribution is -0.395. The first-order valence-corrected chi connectivity index (χ1v) is 9.74.